The molecule has 1 saturated heterocycles. The maximum atomic E-state index is 12.7. The number of esters is 2. The van der Waals surface area contributed by atoms with Gasteiger partial charge in [-0.1, -0.05) is 67.6 Å². The molecule has 2 N–H and O–H groups in total. The molecule has 7 heteroatoms. The molecule has 0 spiro atoms. The van der Waals surface area contributed by atoms with E-state index in [4.69, 9.17) is 9.47 Å². The Labute approximate surface area is 188 Å². The zero-order valence-corrected chi connectivity index (χ0v) is 18.3. The van der Waals surface area contributed by atoms with Crippen LogP contribution in [0.3, 0.4) is 0 Å². The lowest BCUT2D eigenvalue weighted by Crippen LogP contribution is -2.50. The van der Waals surface area contributed by atoms with Crippen molar-refractivity contribution in [3.63, 3.8) is 0 Å². The van der Waals surface area contributed by atoms with E-state index in [1.807, 2.05) is 67.6 Å². The Hall–Kier alpha value is -3.19. The monoisotopic (exact) mass is 438 g/mol. The van der Waals surface area contributed by atoms with Crippen molar-refractivity contribution in [2.45, 2.75) is 57.3 Å². The highest BCUT2D eigenvalue weighted by molar-refractivity contribution is 5.82. The molecule has 3 atom stereocenters. The smallest absolute Gasteiger partial charge is 0.323 e. The van der Waals surface area contributed by atoms with Gasteiger partial charge in [0.1, 0.15) is 12.6 Å². The van der Waals surface area contributed by atoms with Crippen LogP contribution in [0.1, 0.15) is 37.3 Å². The molecular weight excluding hydrogens is 408 g/mol. The highest BCUT2D eigenvalue weighted by Crippen LogP contribution is 2.16. The molecule has 0 radical (unpaired) electrons. The Bertz CT molecular complexity index is 888. The lowest BCUT2D eigenvalue weighted by atomic mass is 10.0. The minimum atomic E-state index is -0.621. The molecule has 1 aliphatic rings. The van der Waals surface area contributed by atoms with E-state index in [9.17, 15) is 14.4 Å². The van der Waals surface area contributed by atoms with Gasteiger partial charge in [-0.3, -0.25) is 19.7 Å². The summed E-state index contributed by atoms with van der Waals surface area (Å²) in [5, 5.41) is 6.10. The van der Waals surface area contributed by atoms with Gasteiger partial charge < -0.3 is 14.8 Å². The first-order valence-electron chi connectivity index (χ1n) is 11.0. The van der Waals surface area contributed by atoms with E-state index in [1.54, 1.807) is 0 Å². The van der Waals surface area contributed by atoms with Crippen LogP contribution in [0.25, 0.3) is 0 Å². The fourth-order valence-electron chi connectivity index (χ4n) is 3.67. The average molecular weight is 439 g/mol. The largest absolute Gasteiger partial charge is 0.465 e. The predicted molar refractivity (Wildman–Crippen MR) is 120 cm³/mol. The van der Waals surface area contributed by atoms with Gasteiger partial charge in [-0.2, -0.15) is 0 Å². The van der Waals surface area contributed by atoms with Crippen LogP contribution in [0, 0.1) is 0 Å². The molecule has 170 valence electrons. The molecule has 0 aliphatic carbocycles. The maximum Gasteiger partial charge on any atom is 0.323 e. The zero-order chi connectivity index (χ0) is 22.8. The molecule has 0 unspecified atom stereocenters. The third-order valence-corrected chi connectivity index (χ3v) is 5.30. The molecule has 0 bridgehead atoms. The van der Waals surface area contributed by atoms with Crippen molar-refractivity contribution >= 4 is 17.8 Å². The van der Waals surface area contributed by atoms with E-state index in [0.717, 1.165) is 17.5 Å². The van der Waals surface area contributed by atoms with Gasteiger partial charge in [0.2, 0.25) is 5.91 Å². The third kappa shape index (κ3) is 7.20. The number of benzene rings is 2. The summed E-state index contributed by atoms with van der Waals surface area (Å²) in [6.45, 7) is 2.45. The van der Waals surface area contributed by atoms with Crippen molar-refractivity contribution in [2.75, 3.05) is 6.61 Å². The second-order valence-corrected chi connectivity index (χ2v) is 7.91. The van der Waals surface area contributed by atoms with E-state index in [2.05, 4.69) is 10.6 Å². The van der Waals surface area contributed by atoms with Crippen molar-refractivity contribution in [2.24, 2.45) is 0 Å². The van der Waals surface area contributed by atoms with Gasteiger partial charge in [-0.25, -0.2) is 0 Å². The Morgan fingerprint density at radius 2 is 1.69 bits per heavy atom. The van der Waals surface area contributed by atoms with Gasteiger partial charge in [0.15, 0.2) is 0 Å². The van der Waals surface area contributed by atoms with Crippen LogP contribution in [0.4, 0.5) is 0 Å². The predicted octanol–water partition coefficient (Wildman–Crippen LogP) is 2.53. The summed E-state index contributed by atoms with van der Waals surface area (Å²) >= 11 is 0. The quantitative estimate of drug-likeness (QED) is 0.524. The lowest BCUT2D eigenvalue weighted by Gasteiger charge is -2.25. The van der Waals surface area contributed by atoms with Crippen LogP contribution < -0.4 is 10.6 Å². The topological polar surface area (TPSA) is 93.7 Å². The second-order valence-electron chi connectivity index (χ2n) is 7.91. The summed E-state index contributed by atoms with van der Waals surface area (Å²) < 4.78 is 10.7. The molecule has 32 heavy (non-hydrogen) atoms. The van der Waals surface area contributed by atoms with E-state index in [0.29, 0.717) is 13.0 Å². The summed E-state index contributed by atoms with van der Waals surface area (Å²) in [6, 6.07) is 17.6. The Morgan fingerprint density at radius 3 is 2.34 bits per heavy atom. The van der Waals surface area contributed by atoms with Gasteiger partial charge in [-0.15, -0.1) is 0 Å². The molecule has 2 aromatic rings. The van der Waals surface area contributed by atoms with E-state index < -0.39 is 18.1 Å². The summed E-state index contributed by atoms with van der Waals surface area (Å²) in [7, 11) is 0. The van der Waals surface area contributed by atoms with Crippen LogP contribution in [-0.2, 0) is 36.9 Å². The summed E-state index contributed by atoms with van der Waals surface area (Å²) in [5.41, 5.74) is 1.88. The maximum absolute atomic E-state index is 12.7. The highest BCUT2D eigenvalue weighted by atomic mass is 16.5. The van der Waals surface area contributed by atoms with Gasteiger partial charge in [0, 0.05) is 12.5 Å². The van der Waals surface area contributed by atoms with E-state index in [-0.39, 0.29) is 37.4 Å². The Kier molecular flexibility index (Phi) is 8.80. The molecule has 7 nitrogen and oxygen atoms in total. The fourth-order valence-corrected chi connectivity index (χ4v) is 3.67. The van der Waals surface area contributed by atoms with Crippen LogP contribution in [0.15, 0.2) is 60.7 Å². The Balaban J connectivity index is 1.61. The molecule has 2 aromatic carbocycles. The van der Waals surface area contributed by atoms with Crippen LogP contribution in [0.2, 0.25) is 0 Å². The van der Waals surface area contributed by atoms with Crippen molar-refractivity contribution in [1.29, 1.82) is 0 Å². The molecule has 1 heterocycles. The minimum absolute atomic E-state index is 0.0261. The van der Waals surface area contributed by atoms with Crippen molar-refractivity contribution in [1.82, 2.24) is 10.6 Å². The molecular formula is C25H30N2O5. The standard InChI is InChI=1S/C25H30N2O5/c1-2-13-31-25(30)22(14-18-9-5-3-6-10-18)26-20-15-23(28)27-21(20)16-24(29)32-17-19-11-7-4-8-12-19/h3-12,20-22,26H,2,13-17H2,1H3,(H,27,28)/t20-,21-,22-/m0/s1. The number of ether oxygens (including phenoxy) is 2. The first-order valence-corrected chi connectivity index (χ1v) is 11.0. The number of amides is 1. The third-order valence-electron chi connectivity index (χ3n) is 5.30. The first-order chi connectivity index (χ1) is 15.5. The highest BCUT2D eigenvalue weighted by Gasteiger charge is 2.37. The molecule has 1 aliphatic heterocycles. The Morgan fingerprint density at radius 1 is 1.03 bits per heavy atom. The van der Waals surface area contributed by atoms with Crippen LogP contribution in [-0.4, -0.2) is 42.6 Å². The molecule has 1 amide bonds. The second kappa shape index (κ2) is 12.0. The molecule has 1 fully saturated rings. The molecule has 0 aromatic heterocycles. The first kappa shape index (κ1) is 23.5. The molecule has 0 saturated carbocycles. The van der Waals surface area contributed by atoms with E-state index in [1.165, 1.54) is 0 Å². The summed E-state index contributed by atoms with van der Waals surface area (Å²) in [6.07, 6.45) is 1.36. The molecule has 3 rings (SSSR count). The van der Waals surface area contributed by atoms with Gasteiger partial charge in [0.05, 0.1) is 19.1 Å². The number of rotatable bonds is 11. The fraction of sp³-hybridized carbons (Fsp3) is 0.400. The minimum Gasteiger partial charge on any atom is -0.465 e. The summed E-state index contributed by atoms with van der Waals surface area (Å²) in [4.78, 5) is 37.2. The normalized spacial score (nSPS) is 18.6. The SMILES string of the molecule is CCCOC(=O)[C@H](Cc1ccccc1)N[C@H]1CC(=O)N[C@H]1CC(=O)OCc1ccccc1. The lowest BCUT2D eigenvalue weighted by molar-refractivity contribution is -0.146. The van der Waals surface area contributed by atoms with Crippen LogP contribution >= 0.6 is 0 Å². The van der Waals surface area contributed by atoms with Crippen molar-refractivity contribution in [3.05, 3.63) is 71.8 Å². The van der Waals surface area contributed by atoms with Gasteiger partial charge in [0.25, 0.3) is 0 Å². The van der Waals surface area contributed by atoms with Crippen molar-refractivity contribution < 1.29 is 23.9 Å². The number of nitrogens with one attached hydrogen (secondary N) is 2. The van der Waals surface area contributed by atoms with E-state index >= 15 is 0 Å². The number of hydrogen-bond donors (Lipinski definition) is 2. The van der Waals surface area contributed by atoms with Gasteiger partial charge >= 0.3 is 11.9 Å². The van der Waals surface area contributed by atoms with Gasteiger partial charge in [-0.05, 0) is 24.0 Å². The zero-order valence-electron chi connectivity index (χ0n) is 18.3. The van der Waals surface area contributed by atoms with Crippen LogP contribution in [0.5, 0.6) is 0 Å². The number of carbonyl (C=O) groups excluding carboxylic acids is 3. The average Bonchev–Trinajstić information content (AvgIpc) is 3.15. The number of hydrogen-bond acceptors (Lipinski definition) is 6. The van der Waals surface area contributed by atoms with Crippen molar-refractivity contribution in [3.8, 4) is 0 Å². The number of carbonyl (C=O) groups is 3. The summed E-state index contributed by atoms with van der Waals surface area (Å²) in [5.74, 6) is -0.926.